The molecule has 14 nitrogen and oxygen atoms in total. The summed E-state index contributed by atoms with van der Waals surface area (Å²) in [6, 6.07) is 1.12. The first-order valence-electron chi connectivity index (χ1n) is 10.1. The van der Waals surface area contributed by atoms with E-state index in [4.69, 9.17) is 9.47 Å². The Labute approximate surface area is 208 Å². The van der Waals surface area contributed by atoms with Gasteiger partial charge in [0, 0.05) is 18.9 Å². The fourth-order valence-electron chi connectivity index (χ4n) is 2.65. The molecule has 0 aliphatic carbocycles. The van der Waals surface area contributed by atoms with Crippen molar-refractivity contribution >= 4 is 51.3 Å². The van der Waals surface area contributed by atoms with Crippen LogP contribution in [0.3, 0.4) is 0 Å². The lowest BCUT2D eigenvalue weighted by Crippen LogP contribution is -2.31. The topological polar surface area (TPSA) is 194 Å². The van der Waals surface area contributed by atoms with Gasteiger partial charge in [-0.15, -0.1) is 15.3 Å². The maximum Gasteiger partial charge on any atom is 0.328 e. The van der Waals surface area contributed by atoms with Gasteiger partial charge in [0.25, 0.3) is 5.56 Å². The number of aryl methyl sites for hydroxylation is 2. The molecule has 1 aliphatic heterocycles. The first kappa shape index (κ1) is 24.6. The zero-order valence-electron chi connectivity index (χ0n) is 17.9. The Bertz CT molecular complexity index is 1320. The van der Waals surface area contributed by atoms with E-state index in [0.29, 0.717) is 11.6 Å². The lowest BCUT2D eigenvalue weighted by molar-refractivity contribution is -0.127. The first-order valence-corrected chi connectivity index (χ1v) is 12.9. The number of rotatable bonds is 12. The molecule has 1 aliphatic rings. The van der Waals surface area contributed by atoms with Gasteiger partial charge in [-0.2, -0.15) is 11.8 Å². The number of aromatic nitrogens is 6. The van der Waals surface area contributed by atoms with Crippen molar-refractivity contribution in [3.05, 3.63) is 48.9 Å². The summed E-state index contributed by atoms with van der Waals surface area (Å²) in [6.45, 7) is 0.0349. The van der Waals surface area contributed by atoms with Gasteiger partial charge in [-0.1, -0.05) is 27.8 Å². The number of carbonyl (C=O) groups is 2. The van der Waals surface area contributed by atoms with Crippen molar-refractivity contribution in [3.63, 3.8) is 0 Å². The van der Waals surface area contributed by atoms with Gasteiger partial charge in [-0.05, 0) is 11.5 Å². The molecule has 0 bridgehead atoms. The van der Waals surface area contributed by atoms with E-state index in [1.165, 1.54) is 28.7 Å². The zero-order valence-corrected chi connectivity index (χ0v) is 20.3. The van der Waals surface area contributed by atoms with Crippen molar-refractivity contribution in [3.8, 4) is 11.1 Å². The van der Waals surface area contributed by atoms with Crippen molar-refractivity contribution in [2.75, 3.05) is 23.6 Å². The standard InChI is InChI=1S/C18H18N8O6S3/c27-9-5-10(28)20-12(6-9)31-8-19-17-25-23-14(34-17)1-3-33-4-2-15-24-26-18(35-15)32-13-7-11(29)21-16(30)22-13/h6-7H,1-5,8H2,(H,19,25)(H,20,28)(H2,21,22,29,30). The van der Waals surface area contributed by atoms with Gasteiger partial charge in [0.1, 0.15) is 10.0 Å². The number of aromatic amines is 2. The van der Waals surface area contributed by atoms with Crippen LogP contribution in [0.5, 0.6) is 11.1 Å². The molecule has 3 aromatic rings. The largest absolute Gasteiger partial charge is 0.458 e. The van der Waals surface area contributed by atoms with E-state index in [0.717, 1.165) is 34.0 Å². The number of nitrogens with one attached hydrogen (secondary N) is 4. The Kier molecular flexibility index (Phi) is 8.22. The number of amides is 1. The summed E-state index contributed by atoms with van der Waals surface area (Å²) in [6.07, 6.45) is 2.50. The molecule has 0 unspecified atom stereocenters. The second-order valence-electron chi connectivity index (χ2n) is 6.79. The minimum Gasteiger partial charge on any atom is -0.458 e. The molecular formula is C18H18N8O6S3. The van der Waals surface area contributed by atoms with E-state index in [1.54, 1.807) is 11.8 Å². The van der Waals surface area contributed by atoms with Gasteiger partial charge in [0.15, 0.2) is 18.4 Å². The number of ether oxygens (including phenoxy) is 2. The summed E-state index contributed by atoms with van der Waals surface area (Å²) in [5.41, 5.74) is -1.23. The second kappa shape index (κ2) is 11.7. The van der Waals surface area contributed by atoms with Gasteiger partial charge in [-0.25, -0.2) is 4.79 Å². The Morgan fingerprint density at radius 3 is 2.54 bits per heavy atom. The number of allylic oxidation sites excluding steroid dienone is 1. The molecule has 184 valence electrons. The van der Waals surface area contributed by atoms with Crippen molar-refractivity contribution in [2.45, 2.75) is 19.3 Å². The van der Waals surface area contributed by atoms with Crippen LogP contribution in [0, 0.1) is 0 Å². The molecule has 4 heterocycles. The molecule has 35 heavy (non-hydrogen) atoms. The Morgan fingerprint density at radius 2 is 1.77 bits per heavy atom. The maximum atomic E-state index is 11.3. The minimum absolute atomic E-state index is 0.00115. The monoisotopic (exact) mass is 538 g/mol. The first-order chi connectivity index (χ1) is 16.9. The summed E-state index contributed by atoms with van der Waals surface area (Å²) in [4.78, 5) is 49.6. The minimum atomic E-state index is -0.662. The van der Waals surface area contributed by atoms with Crippen LogP contribution >= 0.6 is 34.4 Å². The summed E-state index contributed by atoms with van der Waals surface area (Å²) in [7, 11) is 0. The molecule has 3 aromatic heterocycles. The highest BCUT2D eigenvalue weighted by molar-refractivity contribution is 7.99. The quantitative estimate of drug-likeness (QED) is 0.141. The van der Waals surface area contributed by atoms with Crippen LogP contribution in [0.25, 0.3) is 0 Å². The smallest absolute Gasteiger partial charge is 0.328 e. The van der Waals surface area contributed by atoms with E-state index in [-0.39, 0.29) is 35.9 Å². The molecule has 4 rings (SSSR count). The number of hydrogen-bond acceptors (Lipinski definition) is 14. The van der Waals surface area contributed by atoms with Gasteiger partial charge in [0.05, 0.1) is 12.5 Å². The molecule has 1 amide bonds. The van der Waals surface area contributed by atoms with Crippen molar-refractivity contribution in [1.29, 1.82) is 0 Å². The van der Waals surface area contributed by atoms with Crippen molar-refractivity contribution in [1.82, 2.24) is 35.7 Å². The molecule has 0 aromatic carbocycles. The van der Waals surface area contributed by atoms with E-state index in [1.807, 2.05) is 0 Å². The SMILES string of the molecule is O=C1C=C(OCNc2nnc(CCSCCc3nnc(Oc4cc(=O)[nH]c(=O)[nH]4)s3)s2)NC(=O)C1. The van der Waals surface area contributed by atoms with Gasteiger partial charge >= 0.3 is 10.9 Å². The number of anilines is 1. The molecule has 0 saturated carbocycles. The lowest BCUT2D eigenvalue weighted by atomic mass is 10.2. The number of thioether (sulfide) groups is 1. The van der Waals surface area contributed by atoms with Crippen LogP contribution in [-0.2, 0) is 27.2 Å². The van der Waals surface area contributed by atoms with Crippen molar-refractivity contribution in [2.24, 2.45) is 0 Å². The Morgan fingerprint density at radius 1 is 1.00 bits per heavy atom. The molecule has 4 N–H and O–H groups in total. The Balaban J connectivity index is 1.12. The molecule has 0 fully saturated rings. The summed E-state index contributed by atoms with van der Waals surface area (Å²) in [5, 5.41) is 24.0. The number of carbonyl (C=O) groups excluding carboxylic acids is 2. The van der Waals surface area contributed by atoms with Gasteiger partial charge in [0.2, 0.25) is 16.9 Å². The van der Waals surface area contributed by atoms with Crippen molar-refractivity contribution < 1.29 is 19.1 Å². The van der Waals surface area contributed by atoms with Crippen LogP contribution in [0.2, 0.25) is 0 Å². The highest BCUT2D eigenvalue weighted by atomic mass is 32.2. The predicted octanol–water partition coefficient (Wildman–Crippen LogP) is 0.393. The Hall–Kier alpha value is -3.57. The highest BCUT2D eigenvalue weighted by Crippen LogP contribution is 2.23. The van der Waals surface area contributed by atoms with Crippen LogP contribution in [0.15, 0.2) is 27.6 Å². The third-order valence-electron chi connectivity index (χ3n) is 4.11. The van der Waals surface area contributed by atoms with Gasteiger partial charge in [-0.3, -0.25) is 29.7 Å². The normalized spacial score (nSPS) is 13.3. The van der Waals surface area contributed by atoms with E-state index in [9.17, 15) is 19.2 Å². The summed E-state index contributed by atoms with van der Waals surface area (Å²) in [5.74, 6) is 1.06. The average molecular weight is 539 g/mol. The molecule has 0 spiro atoms. The van der Waals surface area contributed by atoms with Crippen LogP contribution < -0.4 is 26.6 Å². The molecule has 0 saturated heterocycles. The highest BCUT2D eigenvalue weighted by Gasteiger charge is 2.17. The van der Waals surface area contributed by atoms with Gasteiger partial charge < -0.3 is 14.8 Å². The van der Waals surface area contributed by atoms with Crippen LogP contribution in [0.4, 0.5) is 5.13 Å². The lowest BCUT2D eigenvalue weighted by Gasteiger charge is -2.14. The molecule has 0 radical (unpaired) electrons. The third-order valence-corrected chi connectivity index (χ3v) is 6.90. The summed E-state index contributed by atoms with van der Waals surface area (Å²) < 4.78 is 10.7. The maximum absolute atomic E-state index is 11.3. The second-order valence-corrected chi connectivity index (χ2v) is 10.1. The summed E-state index contributed by atoms with van der Waals surface area (Å²) >= 11 is 4.36. The van der Waals surface area contributed by atoms with E-state index in [2.05, 4.69) is 41.0 Å². The number of H-pyrrole nitrogens is 2. The number of ketones is 1. The molecule has 17 heteroatoms. The zero-order chi connectivity index (χ0) is 24.6. The fourth-order valence-corrected chi connectivity index (χ4v) is 5.21. The van der Waals surface area contributed by atoms with Crippen LogP contribution in [-0.4, -0.2) is 60.3 Å². The number of hydrogen-bond donors (Lipinski definition) is 4. The molecule has 0 atom stereocenters. The molecular weight excluding hydrogens is 520 g/mol. The van der Waals surface area contributed by atoms with E-state index < -0.39 is 17.2 Å². The third kappa shape index (κ3) is 7.72. The fraction of sp³-hybridized carbons (Fsp3) is 0.333. The average Bonchev–Trinajstić information content (AvgIpc) is 3.41. The van der Waals surface area contributed by atoms with Crippen LogP contribution in [0.1, 0.15) is 16.4 Å². The predicted molar refractivity (Wildman–Crippen MR) is 128 cm³/mol. The number of nitrogens with zero attached hydrogens (tertiary/aromatic N) is 4. The van der Waals surface area contributed by atoms with E-state index >= 15 is 0 Å².